The first-order chi connectivity index (χ1) is 9.42. The molecule has 0 bridgehead atoms. The number of nitrogens with one attached hydrogen (secondary N) is 1. The number of thiophene rings is 1. The van der Waals surface area contributed by atoms with E-state index in [0.717, 1.165) is 36.7 Å². The van der Waals surface area contributed by atoms with Gasteiger partial charge in [0.25, 0.3) is 0 Å². The highest BCUT2D eigenvalue weighted by atomic mass is 32.1. The summed E-state index contributed by atoms with van der Waals surface area (Å²) in [4.78, 5) is 11.6. The van der Waals surface area contributed by atoms with E-state index in [0.29, 0.717) is 6.04 Å². The van der Waals surface area contributed by atoms with Crippen molar-refractivity contribution in [3.63, 3.8) is 0 Å². The van der Waals surface area contributed by atoms with Crippen LogP contribution in [0.2, 0.25) is 0 Å². The van der Waals surface area contributed by atoms with Crippen LogP contribution in [0.1, 0.15) is 29.7 Å². The SMILES string of the molecule is c1nc(NC2CCOCC2)c2c3c(sc2n1)CCC3. The summed E-state index contributed by atoms with van der Waals surface area (Å²) in [6.07, 6.45) is 7.51. The van der Waals surface area contributed by atoms with Crippen molar-refractivity contribution in [1.29, 1.82) is 0 Å². The van der Waals surface area contributed by atoms with Crippen LogP contribution in [-0.2, 0) is 17.6 Å². The molecule has 2 aromatic heterocycles. The molecule has 4 rings (SSSR count). The lowest BCUT2D eigenvalue weighted by Gasteiger charge is -2.23. The second-order valence-corrected chi connectivity index (χ2v) is 6.37. The molecule has 0 amide bonds. The van der Waals surface area contributed by atoms with Gasteiger partial charge in [-0.2, -0.15) is 0 Å². The zero-order valence-corrected chi connectivity index (χ0v) is 11.6. The summed E-state index contributed by atoms with van der Waals surface area (Å²) < 4.78 is 5.41. The standard InChI is InChI=1S/C14H17N3OS/c1-2-10-11(3-1)19-14-12(10)13(15-8-16-14)17-9-4-6-18-7-5-9/h8-9H,1-7H2,(H,15,16,17). The summed E-state index contributed by atoms with van der Waals surface area (Å²) in [7, 11) is 0. The maximum atomic E-state index is 5.41. The first-order valence-corrected chi connectivity index (χ1v) is 7.83. The van der Waals surface area contributed by atoms with E-state index in [1.165, 1.54) is 35.1 Å². The maximum absolute atomic E-state index is 5.41. The van der Waals surface area contributed by atoms with Crippen LogP contribution < -0.4 is 5.32 Å². The minimum Gasteiger partial charge on any atom is -0.381 e. The minimum atomic E-state index is 0.490. The Morgan fingerprint density at radius 1 is 1.21 bits per heavy atom. The Hall–Kier alpha value is -1.20. The molecule has 0 unspecified atom stereocenters. The van der Waals surface area contributed by atoms with Crippen molar-refractivity contribution in [3.05, 3.63) is 16.8 Å². The van der Waals surface area contributed by atoms with Crippen molar-refractivity contribution in [3.8, 4) is 0 Å². The molecule has 0 saturated carbocycles. The van der Waals surface area contributed by atoms with Crippen LogP contribution in [0.4, 0.5) is 5.82 Å². The number of nitrogens with zero attached hydrogens (tertiary/aromatic N) is 2. The van der Waals surface area contributed by atoms with Gasteiger partial charge in [-0.1, -0.05) is 0 Å². The monoisotopic (exact) mass is 275 g/mol. The summed E-state index contributed by atoms with van der Waals surface area (Å²) in [5, 5.41) is 4.90. The Kier molecular flexibility index (Phi) is 2.89. The Morgan fingerprint density at radius 3 is 3.00 bits per heavy atom. The summed E-state index contributed by atoms with van der Waals surface area (Å²) in [5.41, 5.74) is 1.50. The number of fused-ring (bicyclic) bond motifs is 3. The van der Waals surface area contributed by atoms with E-state index in [-0.39, 0.29) is 0 Å². The van der Waals surface area contributed by atoms with Crippen LogP contribution in [-0.4, -0.2) is 29.2 Å². The molecule has 0 aromatic carbocycles. The molecule has 0 radical (unpaired) electrons. The second-order valence-electron chi connectivity index (χ2n) is 5.29. The maximum Gasteiger partial charge on any atom is 0.138 e. The molecule has 1 aliphatic carbocycles. The van der Waals surface area contributed by atoms with Gasteiger partial charge in [-0.15, -0.1) is 11.3 Å². The molecule has 2 aromatic rings. The molecule has 4 nitrogen and oxygen atoms in total. The van der Waals surface area contributed by atoms with Crippen molar-refractivity contribution >= 4 is 27.4 Å². The van der Waals surface area contributed by atoms with Gasteiger partial charge in [0, 0.05) is 24.1 Å². The van der Waals surface area contributed by atoms with E-state index in [2.05, 4.69) is 15.3 Å². The van der Waals surface area contributed by atoms with Crippen LogP contribution in [0.15, 0.2) is 6.33 Å². The van der Waals surface area contributed by atoms with Gasteiger partial charge >= 0.3 is 0 Å². The van der Waals surface area contributed by atoms with Gasteiger partial charge in [0.05, 0.1) is 5.39 Å². The Labute approximate surface area is 116 Å². The van der Waals surface area contributed by atoms with Gasteiger partial charge in [0.2, 0.25) is 0 Å². The fraction of sp³-hybridized carbons (Fsp3) is 0.571. The van der Waals surface area contributed by atoms with Crippen LogP contribution in [0, 0.1) is 0 Å². The topological polar surface area (TPSA) is 47.0 Å². The zero-order chi connectivity index (χ0) is 12.7. The van der Waals surface area contributed by atoms with Crippen LogP contribution in [0.3, 0.4) is 0 Å². The van der Waals surface area contributed by atoms with E-state index in [4.69, 9.17) is 4.74 Å². The number of aromatic nitrogens is 2. The average molecular weight is 275 g/mol. The van der Waals surface area contributed by atoms with Crippen molar-refractivity contribution in [2.75, 3.05) is 18.5 Å². The molecule has 19 heavy (non-hydrogen) atoms. The Bertz CT molecular complexity index is 604. The van der Waals surface area contributed by atoms with Crippen molar-refractivity contribution in [2.45, 2.75) is 38.1 Å². The average Bonchev–Trinajstić information content (AvgIpc) is 3.00. The van der Waals surface area contributed by atoms with Gasteiger partial charge in [-0.05, 0) is 37.7 Å². The molecule has 100 valence electrons. The lowest BCUT2D eigenvalue weighted by molar-refractivity contribution is 0.0904. The molecule has 0 spiro atoms. The fourth-order valence-electron chi connectivity index (χ4n) is 3.07. The van der Waals surface area contributed by atoms with E-state index in [1.807, 2.05) is 11.3 Å². The first kappa shape index (κ1) is 11.6. The number of aryl methyl sites for hydroxylation is 2. The molecule has 3 heterocycles. The summed E-state index contributed by atoms with van der Waals surface area (Å²) >= 11 is 1.85. The fourth-order valence-corrected chi connectivity index (χ4v) is 4.30. The van der Waals surface area contributed by atoms with E-state index in [9.17, 15) is 0 Å². The number of hydrogen-bond acceptors (Lipinski definition) is 5. The molecule has 5 heteroatoms. The highest BCUT2D eigenvalue weighted by Gasteiger charge is 2.22. The molecule has 1 N–H and O–H groups in total. The highest BCUT2D eigenvalue weighted by Crippen LogP contribution is 2.39. The predicted octanol–water partition coefficient (Wildman–Crippen LogP) is 2.77. The van der Waals surface area contributed by atoms with Crippen molar-refractivity contribution in [2.24, 2.45) is 0 Å². The first-order valence-electron chi connectivity index (χ1n) is 7.01. The lowest BCUT2D eigenvalue weighted by atomic mass is 10.1. The molecule has 2 aliphatic rings. The largest absolute Gasteiger partial charge is 0.381 e. The van der Waals surface area contributed by atoms with Crippen LogP contribution >= 0.6 is 11.3 Å². The van der Waals surface area contributed by atoms with Gasteiger partial charge in [-0.3, -0.25) is 0 Å². The normalized spacial score (nSPS) is 19.8. The molecular formula is C14H17N3OS. The Morgan fingerprint density at radius 2 is 2.11 bits per heavy atom. The third kappa shape index (κ3) is 2.01. The lowest BCUT2D eigenvalue weighted by Crippen LogP contribution is -2.28. The van der Waals surface area contributed by atoms with Crippen LogP contribution in [0.5, 0.6) is 0 Å². The number of anilines is 1. The number of rotatable bonds is 2. The molecule has 1 aliphatic heterocycles. The molecule has 0 atom stereocenters. The van der Waals surface area contributed by atoms with E-state index >= 15 is 0 Å². The third-order valence-electron chi connectivity index (χ3n) is 4.06. The summed E-state index contributed by atoms with van der Waals surface area (Å²) in [5.74, 6) is 1.04. The number of ether oxygens (including phenoxy) is 1. The van der Waals surface area contributed by atoms with Gasteiger partial charge < -0.3 is 10.1 Å². The second kappa shape index (κ2) is 4.72. The van der Waals surface area contributed by atoms with Crippen molar-refractivity contribution in [1.82, 2.24) is 9.97 Å². The van der Waals surface area contributed by atoms with Crippen molar-refractivity contribution < 1.29 is 4.74 Å². The summed E-state index contributed by atoms with van der Waals surface area (Å²) in [6, 6.07) is 0.490. The third-order valence-corrected chi connectivity index (χ3v) is 5.26. The molecular weight excluding hydrogens is 258 g/mol. The Balaban J connectivity index is 1.72. The van der Waals surface area contributed by atoms with Gasteiger partial charge in [-0.25, -0.2) is 9.97 Å². The van der Waals surface area contributed by atoms with Crippen LogP contribution in [0.25, 0.3) is 10.2 Å². The molecule has 1 saturated heterocycles. The van der Waals surface area contributed by atoms with Gasteiger partial charge in [0.15, 0.2) is 0 Å². The predicted molar refractivity (Wildman–Crippen MR) is 76.9 cm³/mol. The summed E-state index contributed by atoms with van der Waals surface area (Å²) in [6.45, 7) is 1.71. The number of hydrogen-bond donors (Lipinski definition) is 1. The van der Waals surface area contributed by atoms with E-state index in [1.54, 1.807) is 6.33 Å². The zero-order valence-electron chi connectivity index (χ0n) is 10.8. The highest BCUT2D eigenvalue weighted by molar-refractivity contribution is 7.19. The molecule has 1 fully saturated rings. The minimum absolute atomic E-state index is 0.490. The van der Waals surface area contributed by atoms with Gasteiger partial charge in [0.1, 0.15) is 17.0 Å². The van der Waals surface area contributed by atoms with E-state index < -0.39 is 0 Å². The quantitative estimate of drug-likeness (QED) is 0.915. The smallest absolute Gasteiger partial charge is 0.138 e.